The Bertz CT molecular complexity index is 1020. The third-order valence-corrected chi connectivity index (χ3v) is 5.17. The molecular formula is C22H20FNO3. The molecule has 0 saturated carbocycles. The maximum atomic E-state index is 12.9. The van der Waals surface area contributed by atoms with Crippen LogP contribution < -0.4 is 0 Å². The molecule has 0 spiro atoms. The molecule has 0 aliphatic heterocycles. The van der Waals surface area contributed by atoms with Gasteiger partial charge in [0.05, 0.1) is 5.56 Å². The first kappa shape index (κ1) is 17.5. The summed E-state index contributed by atoms with van der Waals surface area (Å²) in [4.78, 5) is 27.9. The van der Waals surface area contributed by atoms with E-state index >= 15 is 0 Å². The molecule has 1 N–H and O–H groups in total. The largest absolute Gasteiger partial charge is 0.454 e. The van der Waals surface area contributed by atoms with Gasteiger partial charge in [-0.3, -0.25) is 4.79 Å². The van der Waals surface area contributed by atoms with Gasteiger partial charge in [-0.25, -0.2) is 9.18 Å². The highest BCUT2D eigenvalue weighted by atomic mass is 19.1. The number of halogens is 1. The van der Waals surface area contributed by atoms with Crippen molar-refractivity contribution in [2.75, 3.05) is 6.61 Å². The number of aromatic nitrogens is 1. The molecule has 1 aliphatic rings. The van der Waals surface area contributed by atoms with E-state index in [0.29, 0.717) is 17.0 Å². The average molecular weight is 365 g/mol. The number of Topliss-reactive ketones (excluding diaryl/α,β-unsaturated/α-hetero) is 1. The second kappa shape index (κ2) is 6.99. The zero-order valence-electron chi connectivity index (χ0n) is 15.0. The van der Waals surface area contributed by atoms with Crippen LogP contribution in [0.1, 0.15) is 45.3 Å². The number of aryl methyl sites for hydroxylation is 1. The van der Waals surface area contributed by atoms with Gasteiger partial charge in [-0.1, -0.05) is 6.92 Å². The van der Waals surface area contributed by atoms with Crippen LogP contribution in [0, 0.1) is 11.7 Å². The van der Waals surface area contributed by atoms with Crippen molar-refractivity contribution in [3.63, 3.8) is 0 Å². The molecule has 4 nitrogen and oxygen atoms in total. The van der Waals surface area contributed by atoms with E-state index in [1.54, 1.807) is 6.07 Å². The number of nitrogens with one attached hydrogen (secondary N) is 1. The number of rotatable bonds is 4. The number of hydrogen-bond donors (Lipinski definition) is 1. The van der Waals surface area contributed by atoms with Crippen LogP contribution in [0.25, 0.3) is 10.9 Å². The standard InChI is InChI=1S/C22H20FNO3/c1-13-2-8-19-17(10-13)18-11-15(5-9-20(18)24-19)22(26)27-12-21(25)14-3-6-16(23)7-4-14/h3-7,9,11,13,24H,2,8,10,12H2,1H3. The van der Waals surface area contributed by atoms with Crippen molar-refractivity contribution in [3.8, 4) is 0 Å². The Kier molecular flexibility index (Phi) is 4.52. The number of ketones is 1. The Morgan fingerprint density at radius 1 is 1.15 bits per heavy atom. The number of esters is 1. The highest BCUT2D eigenvalue weighted by molar-refractivity contribution is 6.00. The molecule has 0 amide bonds. The van der Waals surface area contributed by atoms with Crippen molar-refractivity contribution in [2.45, 2.75) is 26.2 Å². The molecule has 0 saturated heterocycles. The minimum atomic E-state index is -0.536. The molecule has 1 aromatic heterocycles. The molecule has 1 unspecified atom stereocenters. The summed E-state index contributed by atoms with van der Waals surface area (Å²) in [6.45, 7) is 1.87. The molecule has 1 aliphatic carbocycles. The normalized spacial score (nSPS) is 16.1. The molecule has 5 heteroatoms. The van der Waals surface area contributed by atoms with Crippen LogP contribution in [-0.4, -0.2) is 23.3 Å². The number of ether oxygens (including phenoxy) is 1. The summed E-state index contributed by atoms with van der Waals surface area (Å²) in [5.41, 5.74) is 4.29. The summed E-state index contributed by atoms with van der Waals surface area (Å²) in [6, 6.07) is 10.6. The summed E-state index contributed by atoms with van der Waals surface area (Å²) in [6.07, 6.45) is 3.19. The zero-order chi connectivity index (χ0) is 19.0. The lowest BCUT2D eigenvalue weighted by Gasteiger charge is -2.18. The highest BCUT2D eigenvalue weighted by Gasteiger charge is 2.21. The Labute approximate surface area is 156 Å². The molecule has 4 rings (SSSR count). The number of carbonyl (C=O) groups excluding carboxylic acids is 2. The smallest absolute Gasteiger partial charge is 0.338 e. The van der Waals surface area contributed by atoms with E-state index in [9.17, 15) is 14.0 Å². The number of carbonyl (C=O) groups is 2. The van der Waals surface area contributed by atoms with Crippen molar-refractivity contribution >= 4 is 22.7 Å². The predicted molar refractivity (Wildman–Crippen MR) is 101 cm³/mol. The predicted octanol–water partition coefficient (Wildman–Crippen LogP) is 4.47. The first-order chi connectivity index (χ1) is 13.0. The molecule has 0 radical (unpaired) electrons. The van der Waals surface area contributed by atoms with Gasteiger partial charge in [-0.15, -0.1) is 0 Å². The molecular weight excluding hydrogens is 345 g/mol. The van der Waals surface area contributed by atoms with Crippen molar-refractivity contribution in [1.29, 1.82) is 0 Å². The third-order valence-electron chi connectivity index (χ3n) is 5.17. The van der Waals surface area contributed by atoms with Crippen LogP contribution in [0.5, 0.6) is 0 Å². The fourth-order valence-corrected chi connectivity index (χ4v) is 3.65. The van der Waals surface area contributed by atoms with E-state index in [0.717, 1.165) is 23.7 Å². The van der Waals surface area contributed by atoms with E-state index in [1.807, 2.05) is 12.1 Å². The second-order valence-electron chi connectivity index (χ2n) is 7.20. The van der Waals surface area contributed by atoms with Crippen molar-refractivity contribution in [2.24, 2.45) is 5.92 Å². The van der Waals surface area contributed by atoms with Crippen LogP contribution in [-0.2, 0) is 17.6 Å². The van der Waals surface area contributed by atoms with Gasteiger partial charge in [0.2, 0.25) is 0 Å². The molecule has 3 aromatic rings. The number of benzene rings is 2. The van der Waals surface area contributed by atoms with E-state index in [4.69, 9.17) is 4.74 Å². The third kappa shape index (κ3) is 3.50. The van der Waals surface area contributed by atoms with Gasteiger partial charge in [-0.2, -0.15) is 0 Å². The summed E-state index contributed by atoms with van der Waals surface area (Å²) < 4.78 is 18.1. The van der Waals surface area contributed by atoms with Crippen LogP contribution in [0.2, 0.25) is 0 Å². The Balaban J connectivity index is 1.50. The topological polar surface area (TPSA) is 59.2 Å². The molecule has 0 bridgehead atoms. The fraction of sp³-hybridized carbons (Fsp3) is 0.273. The minimum Gasteiger partial charge on any atom is -0.454 e. The number of hydrogen-bond acceptors (Lipinski definition) is 3. The Morgan fingerprint density at radius 2 is 1.89 bits per heavy atom. The Morgan fingerprint density at radius 3 is 2.67 bits per heavy atom. The van der Waals surface area contributed by atoms with Gasteiger partial charge in [0, 0.05) is 22.2 Å². The van der Waals surface area contributed by atoms with E-state index in [2.05, 4.69) is 11.9 Å². The number of aromatic amines is 1. The number of H-pyrrole nitrogens is 1. The lowest BCUT2D eigenvalue weighted by atomic mass is 9.87. The lowest BCUT2D eigenvalue weighted by Crippen LogP contribution is -2.14. The van der Waals surface area contributed by atoms with Crippen molar-refractivity contribution in [3.05, 3.63) is 70.7 Å². The SMILES string of the molecule is CC1CCc2[nH]c3ccc(C(=O)OCC(=O)c4ccc(F)cc4)cc3c2C1. The summed E-state index contributed by atoms with van der Waals surface area (Å²) in [5.74, 6) is -0.690. The lowest BCUT2D eigenvalue weighted by molar-refractivity contribution is 0.0475. The molecule has 1 heterocycles. The van der Waals surface area contributed by atoms with Crippen LogP contribution >= 0.6 is 0 Å². The molecule has 0 fully saturated rings. The van der Waals surface area contributed by atoms with E-state index < -0.39 is 11.8 Å². The molecule has 138 valence electrons. The van der Waals surface area contributed by atoms with Gasteiger partial charge in [0.1, 0.15) is 5.82 Å². The Hall–Kier alpha value is -2.95. The quantitative estimate of drug-likeness (QED) is 0.548. The first-order valence-electron chi connectivity index (χ1n) is 9.10. The van der Waals surface area contributed by atoms with Gasteiger partial charge >= 0.3 is 5.97 Å². The van der Waals surface area contributed by atoms with Gasteiger partial charge in [-0.05, 0) is 73.2 Å². The maximum absolute atomic E-state index is 12.9. The summed E-state index contributed by atoms with van der Waals surface area (Å²) in [7, 11) is 0. The van der Waals surface area contributed by atoms with Gasteiger partial charge in [0.25, 0.3) is 0 Å². The van der Waals surface area contributed by atoms with Crippen LogP contribution in [0.15, 0.2) is 42.5 Å². The first-order valence-corrected chi connectivity index (χ1v) is 9.10. The molecule has 1 atom stereocenters. The van der Waals surface area contributed by atoms with Crippen LogP contribution in [0.4, 0.5) is 4.39 Å². The van der Waals surface area contributed by atoms with Crippen LogP contribution in [0.3, 0.4) is 0 Å². The summed E-state index contributed by atoms with van der Waals surface area (Å²) >= 11 is 0. The highest BCUT2D eigenvalue weighted by Crippen LogP contribution is 2.32. The van der Waals surface area contributed by atoms with Crippen molar-refractivity contribution in [1.82, 2.24) is 4.98 Å². The van der Waals surface area contributed by atoms with Gasteiger partial charge in [0.15, 0.2) is 12.4 Å². The van der Waals surface area contributed by atoms with E-state index in [-0.39, 0.29) is 12.4 Å². The monoisotopic (exact) mass is 365 g/mol. The summed E-state index contributed by atoms with van der Waals surface area (Å²) in [5, 5.41) is 1.05. The average Bonchev–Trinajstić information content (AvgIpc) is 3.03. The molecule has 2 aromatic carbocycles. The van der Waals surface area contributed by atoms with Gasteiger partial charge < -0.3 is 9.72 Å². The fourth-order valence-electron chi connectivity index (χ4n) is 3.65. The van der Waals surface area contributed by atoms with E-state index in [1.165, 1.54) is 41.9 Å². The number of fused-ring (bicyclic) bond motifs is 3. The minimum absolute atomic E-state index is 0.313. The second-order valence-corrected chi connectivity index (χ2v) is 7.20. The molecule has 27 heavy (non-hydrogen) atoms. The maximum Gasteiger partial charge on any atom is 0.338 e. The van der Waals surface area contributed by atoms with Crippen molar-refractivity contribution < 1.29 is 18.7 Å². The zero-order valence-corrected chi connectivity index (χ0v) is 15.0.